The number of methoxy groups -OCH3 is 2. The Balaban J connectivity index is 1.68. The van der Waals surface area contributed by atoms with Gasteiger partial charge in [-0.3, -0.25) is 9.59 Å². The lowest BCUT2D eigenvalue weighted by atomic mass is 10.1. The second-order valence-electron chi connectivity index (χ2n) is 6.69. The number of hydrogen-bond donors (Lipinski definition) is 1. The van der Waals surface area contributed by atoms with E-state index in [1.165, 1.54) is 13.2 Å². The minimum absolute atomic E-state index is 0.236. The molecule has 0 saturated heterocycles. The first-order valence-corrected chi connectivity index (χ1v) is 9.74. The molecule has 0 unspecified atom stereocenters. The van der Waals surface area contributed by atoms with E-state index in [1.807, 2.05) is 0 Å². The lowest BCUT2D eigenvalue weighted by molar-refractivity contribution is 0.102. The average molecular weight is 436 g/mol. The Morgan fingerprint density at radius 1 is 0.935 bits per heavy atom. The molecule has 31 heavy (non-hydrogen) atoms. The van der Waals surface area contributed by atoms with Gasteiger partial charge in [0.15, 0.2) is 16.9 Å². The highest BCUT2D eigenvalue weighted by Crippen LogP contribution is 2.33. The van der Waals surface area contributed by atoms with Gasteiger partial charge in [-0.05, 0) is 48.5 Å². The molecule has 0 aliphatic carbocycles. The van der Waals surface area contributed by atoms with Crippen LogP contribution in [0.15, 0.2) is 75.9 Å². The van der Waals surface area contributed by atoms with Crippen molar-refractivity contribution in [2.75, 3.05) is 19.5 Å². The maximum absolute atomic E-state index is 12.8. The standard InChI is InChI=1S/C24H18ClNO5/c1-29-21-9-7-14(11-23(21)30-2)22-13-19(27)17-12-15(8-10-20(17)31-22)26-24(28)16-5-3-4-6-18(16)25/h3-13H,1-2H3,(H,26,28). The zero-order chi connectivity index (χ0) is 22.0. The number of carbonyl (C=O) groups is 1. The molecule has 1 N–H and O–H groups in total. The highest BCUT2D eigenvalue weighted by molar-refractivity contribution is 6.34. The van der Waals surface area contributed by atoms with E-state index in [0.717, 1.165) is 0 Å². The lowest BCUT2D eigenvalue weighted by Crippen LogP contribution is -2.12. The maximum Gasteiger partial charge on any atom is 0.257 e. The maximum atomic E-state index is 12.8. The van der Waals surface area contributed by atoms with Crippen molar-refractivity contribution >= 4 is 34.2 Å². The van der Waals surface area contributed by atoms with Crippen molar-refractivity contribution in [3.05, 3.63) is 87.5 Å². The van der Waals surface area contributed by atoms with Crippen LogP contribution in [-0.4, -0.2) is 20.1 Å². The first-order valence-electron chi connectivity index (χ1n) is 9.36. The molecule has 0 aliphatic heterocycles. The number of ether oxygens (including phenoxy) is 2. The molecule has 0 atom stereocenters. The summed E-state index contributed by atoms with van der Waals surface area (Å²) in [5.41, 5.74) is 1.64. The first kappa shape index (κ1) is 20.5. The Kier molecular flexibility index (Phi) is 5.64. The molecule has 0 saturated carbocycles. The molecule has 0 spiro atoms. The summed E-state index contributed by atoms with van der Waals surface area (Å²) in [6.45, 7) is 0. The van der Waals surface area contributed by atoms with E-state index in [0.29, 0.717) is 50.1 Å². The molecule has 6 nitrogen and oxygen atoms in total. The van der Waals surface area contributed by atoms with Gasteiger partial charge in [0.05, 0.1) is 30.2 Å². The monoisotopic (exact) mass is 435 g/mol. The van der Waals surface area contributed by atoms with Gasteiger partial charge in [-0.2, -0.15) is 0 Å². The van der Waals surface area contributed by atoms with Gasteiger partial charge in [-0.1, -0.05) is 23.7 Å². The Bertz CT molecular complexity index is 1350. The van der Waals surface area contributed by atoms with Crippen molar-refractivity contribution in [1.29, 1.82) is 0 Å². The van der Waals surface area contributed by atoms with E-state index in [1.54, 1.807) is 67.8 Å². The number of nitrogens with one attached hydrogen (secondary N) is 1. The number of carbonyl (C=O) groups excluding carboxylic acids is 1. The van der Waals surface area contributed by atoms with E-state index in [4.69, 9.17) is 25.5 Å². The summed E-state index contributed by atoms with van der Waals surface area (Å²) in [5.74, 6) is 1.14. The molecule has 1 heterocycles. The zero-order valence-electron chi connectivity index (χ0n) is 16.8. The fourth-order valence-corrected chi connectivity index (χ4v) is 3.43. The van der Waals surface area contributed by atoms with Crippen LogP contribution in [0.25, 0.3) is 22.3 Å². The van der Waals surface area contributed by atoms with Gasteiger partial charge in [0, 0.05) is 17.3 Å². The van der Waals surface area contributed by atoms with Crippen molar-refractivity contribution in [1.82, 2.24) is 0 Å². The summed E-state index contributed by atoms with van der Waals surface area (Å²) in [7, 11) is 3.09. The van der Waals surface area contributed by atoms with Crippen LogP contribution < -0.4 is 20.2 Å². The lowest BCUT2D eigenvalue weighted by Gasteiger charge is -2.10. The Morgan fingerprint density at radius 3 is 2.45 bits per heavy atom. The van der Waals surface area contributed by atoms with Crippen molar-refractivity contribution in [2.45, 2.75) is 0 Å². The fraction of sp³-hybridized carbons (Fsp3) is 0.0833. The highest BCUT2D eigenvalue weighted by Gasteiger charge is 2.13. The molecule has 4 rings (SSSR count). The summed E-state index contributed by atoms with van der Waals surface area (Å²) >= 11 is 6.08. The molecule has 1 aromatic heterocycles. The van der Waals surface area contributed by atoms with Crippen LogP contribution in [0.5, 0.6) is 11.5 Å². The molecule has 1 amide bonds. The van der Waals surface area contributed by atoms with Crippen LogP contribution in [0, 0.1) is 0 Å². The molecule has 3 aromatic carbocycles. The number of anilines is 1. The van der Waals surface area contributed by atoms with E-state index < -0.39 is 0 Å². The summed E-state index contributed by atoms with van der Waals surface area (Å²) in [6.07, 6.45) is 0. The second kappa shape index (κ2) is 8.53. The van der Waals surface area contributed by atoms with Crippen LogP contribution in [0.4, 0.5) is 5.69 Å². The van der Waals surface area contributed by atoms with E-state index in [-0.39, 0.29) is 11.3 Å². The Hall–Kier alpha value is -3.77. The molecule has 0 radical (unpaired) electrons. The van der Waals surface area contributed by atoms with Crippen LogP contribution in [0.3, 0.4) is 0 Å². The smallest absolute Gasteiger partial charge is 0.257 e. The van der Waals surface area contributed by atoms with Gasteiger partial charge < -0.3 is 19.2 Å². The summed E-state index contributed by atoms with van der Waals surface area (Å²) in [4.78, 5) is 25.3. The van der Waals surface area contributed by atoms with Gasteiger partial charge in [0.2, 0.25) is 0 Å². The number of rotatable bonds is 5. The van der Waals surface area contributed by atoms with Gasteiger partial charge in [0.25, 0.3) is 5.91 Å². The molecule has 7 heteroatoms. The van der Waals surface area contributed by atoms with Crippen molar-refractivity contribution in [3.63, 3.8) is 0 Å². The largest absolute Gasteiger partial charge is 0.493 e. The predicted molar refractivity (Wildman–Crippen MR) is 120 cm³/mol. The quantitative estimate of drug-likeness (QED) is 0.455. The molecule has 156 valence electrons. The normalized spacial score (nSPS) is 10.7. The minimum Gasteiger partial charge on any atom is -0.493 e. The third-order valence-corrected chi connectivity index (χ3v) is 5.10. The third kappa shape index (κ3) is 4.11. The van der Waals surface area contributed by atoms with Crippen molar-refractivity contribution < 1.29 is 18.7 Å². The van der Waals surface area contributed by atoms with E-state index in [9.17, 15) is 9.59 Å². The van der Waals surface area contributed by atoms with Crippen molar-refractivity contribution in [2.24, 2.45) is 0 Å². The summed E-state index contributed by atoms with van der Waals surface area (Å²) < 4.78 is 16.5. The highest BCUT2D eigenvalue weighted by atomic mass is 35.5. The Morgan fingerprint density at radius 2 is 1.71 bits per heavy atom. The average Bonchev–Trinajstić information content (AvgIpc) is 2.79. The van der Waals surface area contributed by atoms with Gasteiger partial charge >= 0.3 is 0 Å². The predicted octanol–water partition coefficient (Wildman–Crippen LogP) is 5.38. The molecule has 4 aromatic rings. The van der Waals surface area contributed by atoms with Gasteiger partial charge in [-0.25, -0.2) is 0 Å². The topological polar surface area (TPSA) is 77.8 Å². The third-order valence-electron chi connectivity index (χ3n) is 4.77. The summed E-state index contributed by atoms with van der Waals surface area (Å²) in [5, 5.41) is 3.45. The first-order chi connectivity index (χ1) is 15.0. The number of amides is 1. The fourth-order valence-electron chi connectivity index (χ4n) is 3.21. The molecule has 0 bridgehead atoms. The van der Waals surface area contributed by atoms with Crippen LogP contribution in [-0.2, 0) is 0 Å². The molecular formula is C24H18ClNO5. The zero-order valence-corrected chi connectivity index (χ0v) is 17.5. The number of halogens is 1. The summed E-state index contributed by atoms with van der Waals surface area (Å²) in [6, 6.07) is 18.3. The van der Waals surface area contributed by atoms with Crippen molar-refractivity contribution in [3.8, 4) is 22.8 Å². The molecular weight excluding hydrogens is 418 g/mol. The van der Waals surface area contributed by atoms with Crippen LogP contribution in [0.1, 0.15) is 10.4 Å². The van der Waals surface area contributed by atoms with Gasteiger partial charge in [-0.15, -0.1) is 0 Å². The van der Waals surface area contributed by atoms with E-state index in [2.05, 4.69) is 5.32 Å². The van der Waals surface area contributed by atoms with Crippen LogP contribution >= 0.6 is 11.6 Å². The Labute approximate surface area is 183 Å². The van der Waals surface area contributed by atoms with E-state index >= 15 is 0 Å². The number of benzene rings is 3. The SMILES string of the molecule is COc1ccc(-c2cc(=O)c3cc(NC(=O)c4ccccc4Cl)ccc3o2)cc1OC. The molecule has 0 aliphatic rings. The van der Waals surface area contributed by atoms with Crippen LogP contribution in [0.2, 0.25) is 5.02 Å². The minimum atomic E-state index is -0.365. The second-order valence-corrected chi connectivity index (χ2v) is 7.10. The van der Waals surface area contributed by atoms with Gasteiger partial charge in [0.1, 0.15) is 11.3 Å². The molecule has 0 fully saturated rings. The number of hydrogen-bond acceptors (Lipinski definition) is 5. The number of fused-ring (bicyclic) bond motifs is 1.